The number of nitrogens with one attached hydrogen (secondary N) is 1. The van der Waals surface area contributed by atoms with Gasteiger partial charge in [0.15, 0.2) is 0 Å². The van der Waals surface area contributed by atoms with E-state index in [0.717, 1.165) is 0 Å². The van der Waals surface area contributed by atoms with Gasteiger partial charge >= 0.3 is 5.97 Å². The number of amides is 1. The van der Waals surface area contributed by atoms with E-state index in [1.54, 1.807) is 45.0 Å². The molecule has 0 radical (unpaired) electrons. The van der Waals surface area contributed by atoms with Crippen LogP contribution in [0.4, 0.5) is 0 Å². The second-order valence-corrected chi connectivity index (χ2v) is 6.95. The highest BCUT2D eigenvalue weighted by Crippen LogP contribution is 2.10. The molecule has 28 heavy (non-hydrogen) atoms. The van der Waals surface area contributed by atoms with Crippen molar-refractivity contribution in [2.45, 2.75) is 38.5 Å². The van der Waals surface area contributed by atoms with Gasteiger partial charge in [0.25, 0.3) is 5.91 Å². The molecule has 0 aromatic heterocycles. The molecule has 1 aromatic carbocycles. The van der Waals surface area contributed by atoms with E-state index in [-0.39, 0.29) is 12.5 Å². The van der Waals surface area contributed by atoms with Gasteiger partial charge in [-0.25, -0.2) is 4.79 Å². The Morgan fingerprint density at radius 1 is 1.25 bits per heavy atom. The van der Waals surface area contributed by atoms with Crippen LogP contribution in [0.15, 0.2) is 24.3 Å². The van der Waals surface area contributed by atoms with Gasteiger partial charge in [-0.1, -0.05) is 18.8 Å². The number of aliphatic hydroxyl groups excluding tert-OH is 2. The van der Waals surface area contributed by atoms with Crippen molar-refractivity contribution in [2.75, 3.05) is 13.7 Å². The molecule has 1 rings (SSSR count). The van der Waals surface area contributed by atoms with Gasteiger partial charge in [0.2, 0.25) is 0 Å². The van der Waals surface area contributed by atoms with Gasteiger partial charge in [0.05, 0.1) is 7.11 Å². The third-order valence-electron chi connectivity index (χ3n) is 3.92. The molecule has 0 bridgehead atoms. The highest BCUT2D eigenvalue weighted by atomic mass is 16.5. The van der Waals surface area contributed by atoms with Crippen LogP contribution in [-0.2, 0) is 9.53 Å². The zero-order valence-corrected chi connectivity index (χ0v) is 16.4. The van der Waals surface area contributed by atoms with Gasteiger partial charge in [0, 0.05) is 29.2 Å². The first-order valence-electron chi connectivity index (χ1n) is 8.68. The van der Waals surface area contributed by atoms with Crippen LogP contribution < -0.4 is 11.1 Å². The molecule has 7 nitrogen and oxygen atoms in total. The minimum Gasteiger partial charge on any atom is -0.467 e. The van der Waals surface area contributed by atoms with Crippen molar-refractivity contribution < 1.29 is 24.5 Å². The van der Waals surface area contributed by atoms with Gasteiger partial charge in [-0.15, -0.1) is 0 Å². The molecular formula is C21H26N2O5. The smallest absolute Gasteiger partial charge is 0.330 e. The molecule has 5 N–H and O–H groups in total. The molecule has 150 valence electrons. The van der Waals surface area contributed by atoms with Gasteiger partial charge in [-0.3, -0.25) is 4.79 Å². The fraction of sp³-hybridized carbons (Fsp3) is 0.429. The van der Waals surface area contributed by atoms with Crippen LogP contribution in [0.5, 0.6) is 0 Å². The van der Waals surface area contributed by atoms with E-state index in [4.69, 9.17) is 15.6 Å². The van der Waals surface area contributed by atoms with E-state index < -0.39 is 29.6 Å². The number of carbonyl (C=O) groups excluding carboxylic acids is 2. The lowest BCUT2D eigenvalue weighted by molar-refractivity contribution is -0.144. The van der Waals surface area contributed by atoms with E-state index in [9.17, 15) is 14.7 Å². The summed E-state index contributed by atoms with van der Waals surface area (Å²) >= 11 is 0. The minimum absolute atomic E-state index is 0.162. The number of ether oxygens (including phenoxy) is 1. The number of benzene rings is 1. The highest BCUT2D eigenvalue weighted by Gasteiger charge is 2.34. The zero-order valence-electron chi connectivity index (χ0n) is 16.4. The predicted molar refractivity (Wildman–Crippen MR) is 105 cm³/mol. The summed E-state index contributed by atoms with van der Waals surface area (Å²) in [5.41, 5.74) is 5.91. The standard InChI is InChI=1S/C21H26N2O5/c1-14(13-24)17(25)8-6-5-7-15-9-11-16(12-10-15)19(26)23-18(20(27)28-4)21(2,3)22/h9-12,14,17-18,24-25H,13,22H2,1-4H3,(H,23,26)/t14-,17+,18?/m0/s1. The van der Waals surface area contributed by atoms with Crippen molar-refractivity contribution in [1.82, 2.24) is 5.32 Å². The normalized spacial score (nSPS) is 13.7. The molecule has 0 aliphatic heterocycles. The van der Waals surface area contributed by atoms with Gasteiger partial charge in [0.1, 0.15) is 12.1 Å². The summed E-state index contributed by atoms with van der Waals surface area (Å²) in [6.07, 6.45) is -0.945. The Morgan fingerprint density at radius 2 is 1.86 bits per heavy atom. The number of hydrogen-bond donors (Lipinski definition) is 4. The number of hydrogen-bond acceptors (Lipinski definition) is 6. The van der Waals surface area contributed by atoms with Crippen LogP contribution >= 0.6 is 0 Å². The number of methoxy groups -OCH3 is 1. The Morgan fingerprint density at radius 3 is 2.36 bits per heavy atom. The topological polar surface area (TPSA) is 122 Å². The number of nitrogens with two attached hydrogens (primary N) is 1. The molecule has 0 saturated carbocycles. The Hall–Kier alpha value is -2.84. The van der Waals surface area contributed by atoms with Gasteiger partial charge in [-0.2, -0.15) is 0 Å². The van der Waals surface area contributed by atoms with E-state index in [1.165, 1.54) is 7.11 Å². The summed E-state index contributed by atoms with van der Waals surface area (Å²) in [4.78, 5) is 24.2. The third kappa shape index (κ3) is 7.05. The molecule has 7 heteroatoms. The molecule has 0 spiro atoms. The Bertz CT molecular complexity index is 804. The third-order valence-corrected chi connectivity index (χ3v) is 3.92. The zero-order chi connectivity index (χ0) is 21.3. The highest BCUT2D eigenvalue weighted by molar-refractivity contribution is 5.97. The molecule has 1 unspecified atom stereocenters. The maximum Gasteiger partial charge on any atom is 0.330 e. The fourth-order valence-corrected chi connectivity index (χ4v) is 2.04. The first kappa shape index (κ1) is 23.2. The molecule has 0 saturated heterocycles. The summed E-state index contributed by atoms with van der Waals surface area (Å²) < 4.78 is 4.69. The van der Waals surface area contributed by atoms with Crippen molar-refractivity contribution in [1.29, 1.82) is 0 Å². The summed E-state index contributed by atoms with van der Waals surface area (Å²) in [5.74, 6) is 9.03. The Kier molecular flexibility index (Phi) is 8.69. The first-order valence-corrected chi connectivity index (χ1v) is 8.68. The number of aliphatic hydroxyl groups is 2. The van der Waals surface area contributed by atoms with E-state index in [2.05, 4.69) is 29.0 Å². The monoisotopic (exact) mass is 386 g/mol. The van der Waals surface area contributed by atoms with Crippen molar-refractivity contribution >= 4 is 11.9 Å². The Labute approximate surface area is 165 Å². The van der Waals surface area contributed by atoms with E-state index >= 15 is 0 Å². The molecule has 1 aromatic rings. The maximum atomic E-state index is 12.4. The fourth-order valence-electron chi connectivity index (χ4n) is 2.04. The maximum absolute atomic E-state index is 12.4. The molecule has 0 aliphatic rings. The summed E-state index contributed by atoms with van der Waals surface area (Å²) in [6.45, 7) is 4.75. The predicted octanol–water partition coefficient (Wildman–Crippen LogP) is 0.0395. The Balaban J connectivity index is 2.83. The van der Waals surface area contributed by atoms with Crippen molar-refractivity contribution in [3.63, 3.8) is 0 Å². The van der Waals surface area contributed by atoms with Crippen LogP contribution in [-0.4, -0.2) is 53.5 Å². The molecule has 0 aliphatic carbocycles. The lowest BCUT2D eigenvalue weighted by Gasteiger charge is -2.28. The van der Waals surface area contributed by atoms with E-state index in [0.29, 0.717) is 11.1 Å². The quantitative estimate of drug-likeness (QED) is 0.405. The molecule has 0 fully saturated rings. The lowest BCUT2D eigenvalue weighted by Crippen LogP contribution is -2.59. The second-order valence-electron chi connectivity index (χ2n) is 6.95. The summed E-state index contributed by atoms with van der Waals surface area (Å²) in [5, 5.41) is 21.1. The van der Waals surface area contributed by atoms with Gasteiger partial charge in [-0.05, 0) is 50.0 Å². The van der Waals surface area contributed by atoms with Crippen molar-refractivity contribution in [3.8, 4) is 23.7 Å². The lowest BCUT2D eigenvalue weighted by atomic mass is 9.95. The summed E-state index contributed by atoms with van der Waals surface area (Å²) in [7, 11) is 1.23. The van der Waals surface area contributed by atoms with E-state index in [1.807, 2.05) is 0 Å². The molecular weight excluding hydrogens is 360 g/mol. The number of carbonyl (C=O) groups is 2. The van der Waals surface area contributed by atoms with Crippen LogP contribution in [0, 0.1) is 29.6 Å². The average Bonchev–Trinajstić information content (AvgIpc) is 2.67. The van der Waals surface area contributed by atoms with Gasteiger partial charge < -0.3 is 26.0 Å². The molecule has 3 atom stereocenters. The first-order chi connectivity index (χ1) is 13.1. The number of rotatable bonds is 6. The summed E-state index contributed by atoms with van der Waals surface area (Å²) in [6, 6.07) is 5.40. The van der Waals surface area contributed by atoms with Crippen molar-refractivity contribution in [3.05, 3.63) is 35.4 Å². The van der Waals surface area contributed by atoms with Crippen LogP contribution in [0.1, 0.15) is 36.7 Å². The number of esters is 1. The molecule has 1 amide bonds. The van der Waals surface area contributed by atoms with Crippen molar-refractivity contribution in [2.24, 2.45) is 11.7 Å². The minimum atomic E-state index is -0.995. The van der Waals surface area contributed by atoms with Crippen LogP contribution in [0.2, 0.25) is 0 Å². The van der Waals surface area contributed by atoms with Crippen LogP contribution in [0.3, 0.4) is 0 Å². The largest absolute Gasteiger partial charge is 0.467 e. The average molecular weight is 386 g/mol. The van der Waals surface area contributed by atoms with Crippen LogP contribution in [0.25, 0.3) is 0 Å². The SMILES string of the molecule is COC(=O)C(NC(=O)c1ccc(C#CC#C[C@@H](O)[C@@H](C)CO)cc1)C(C)(C)N. The molecule has 0 heterocycles. The second kappa shape index (κ2) is 10.5.